The van der Waals surface area contributed by atoms with Crippen molar-refractivity contribution in [1.82, 2.24) is 4.98 Å². The van der Waals surface area contributed by atoms with Gasteiger partial charge in [0.25, 0.3) is 6.43 Å². The molecule has 5 heteroatoms. The molecule has 0 saturated carbocycles. The van der Waals surface area contributed by atoms with Gasteiger partial charge >= 0.3 is 0 Å². The van der Waals surface area contributed by atoms with Gasteiger partial charge in [-0.3, -0.25) is 0 Å². The Labute approximate surface area is 80.7 Å². The summed E-state index contributed by atoms with van der Waals surface area (Å²) >= 11 is 0. The largest absolute Gasteiger partial charge is 0.495 e. The molecule has 3 nitrogen and oxygen atoms in total. The predicted octanol–water partition coefficient (Wildman–Crippen LogP) is 2.34. The molecular weight excluding hydrogens is 192 g/mol. The summed E-state index contributed by atoms with van der Waals surface area (Å²) in [5.74, 6) is 0.277. The summed E-state index contributed by atoms with van der Waals surface area (Å²) in [6, 6.07) is 0. The van der Waals surface area contributed by atoms with E-state index in [9.17, 15) is 8.78 Å². The minimum atomic E-state index is -2.62. The maximum absolute atomic E-state index is 12.6. The first-order valence-electron chi connectivity index (χ1n) is 3.97. The highest BCUT2D eigenvalue weighted by atomic mass is 19.3. The van der Waals surface area contributed by atoms with Crippen LogP contribution in [0.15, 0.2) is 6.20 Å². The average Bonchev–Trinajstić information content (AvgIpc) is 2.16. The Morgan fingerprint density at radius 2 is 1.93 bits per heavy atom. The van der Waals surface area contributed by atoms with Gasteiger partial charge in [0.15, 0.2) is 0 Å². The molecule has 14 heavy (non-hydrogen) atoms. The van der Waals surface area contributed by atoms with Crippen LogP contribution < -0.4 is 9.47 Å². The van der Waals surface area contributed by atoms with Gasteiger partial charge in [0.05, 0.1) is 26.0 Å². The summed E-state index contributed by atoms with van der Waals surface area (Å²) < 4.78 is 34.9. The van der Waals surface area contributed by atoms with Gasteiger partial charge in [0.1, 0.15) is 5.75 Å². The van der Waals surface area contributed by atoms with E-state index in [1.165, 1.54) is 20.4 Å². The molecule has 0 unspecified atom stereocenters. The Morgan fingerprint density at radius 3 is 2.36 bits per heavy atom. The Bertz CT molecular complexity index is 329. The Balaban J connectivity index is 3.31. The molecule has 1 aromatic heterocycles. The molecule has 1 rings (SSSR count). The van der Waals surface area contributed by atoms with Gasteiger partial charge < -0.3 is 9.47 Å². The molecule has 0 N–H and O–H groups in total. The van der Waals surface area contributed by atoms with Gasteiger partial charge in [-0.15, -0.1) is 0 Å². The second-order valence-corrected chi connectivity index (χ2v) is 2.68. The van der Waals surface area contributed by atoms with Gasteiger partial charge in [0, 0.05) is 5.56 Å². The van der Waals surface area contributed by atoms with Crippen molar-refractivity contribution >= 4 is 0 Å². The topological polar surface area (TPSA) is 31.4 Å². The molecule has 0 aromatic carbocycles. The number of halogens is 2. The van der Waals surface area contributed by atoms with Crippen molar-refractivity contribution in [3.05, 3.63) is 17.3 Å². The van der Waals surface area contributed by atoms with E-state index < -0.39 is 6.43 Å². The molecule has 1 heterocycles. The number of pyridine rings is 1. The smallest absolute Gasteiger partial charge is 0.269 e. The summed E-state index contributed by atoms with van der Waals surface area (Å²) in [7, 11) is 2.71. The Kier molecular flexibility index (Phi) is 3.22. The fourth-order valence-corrected chi connectivity index (χ4v) is 1.20. The first-order valence-corrected chi connectivity index (χ1v) is 3.97. The Morgan fingerprint density at radius 1 is 1.29 bits per heavy atom. The molecule has 1 aromatic rings. The number of alkyl halides is 2. The number of nitrogens with zero attached hydrogens (tertiary/aromatic N) is 1. The monoisotopic (exact) mass is 203 g/mol. The third kappa shape index (κ3) is 1.76. The van der Waals surface area contributed by atoms with Crippen molar-refractivity contribution in [2.45, 2.75) is 13.3 Å². The molecule has 78 valence electrons. The average molecular weight is 203 g/mol. The van der Waals surface area contributed by atoms with E-state index in [0.717, 1.165) is 0 Å². The lowest BCUT2D eigenvalue weighted by Gasteiger charge is -2.12. The Hall–Kier alpha value is -1.39. The van der Waals surface area contributed by atoms with Crippen LogP contribution in [0.2, 0.25) is 0 Å². The van der Waals surface area contributed by atoms with Gasteiger partial charge in [-0.25, -0.2) is 13.8 Å². The SMILES string of the molecule is COc1cnc(OC)c(C(F)F)c1C. The van der Waals surface area contributed by atoms with E-state index in [0.29, 0.717) is 11.3 Å². The highest BCUT2D eigenvalue weighted by Crippen LogP contribution is 2.34. The zero-order valence-corrected chi connectivity index (χ0v) is 8.17. The molecule has 0 saturated heterocycles. The van der Waals surface area contributed by atoms with E-state index in [2.05, 4.69) is 4.98 Å². The number of hydrogen-bond acceptors (Lipinski definition) is 3. The van der Waals surface area contributed by atoms with E-state index in [4.69, 9.17) is 9.47 Å². The highest BCUT2D eigenvalue weighted by molar-refractivity contribution is 5.43. The second-order valence-electron chi connectivity index (χ2n) is 2.68. The van der Waals surface area contributed by atoms with E-state index >= 15 is 0 Å². The highest BCUT2D eigenvalue weighted by Gasteiger charge is 2.20. The maximum Gasteiger partial charge on any atom is 0.269 e. The van der Waals surface area contributed by atoms with Crippen molar-refractivity contribution in [2.75, 3.05) is 14.2 Å². The fraction of sp³-hybridized carbons (Fsp3) is 0.444. The molecule has 0 bridgehead atoms. The van der Waals surface area contributed by atoms with Crippen molar-refractivity contribution in [3.8, 4) is 11.6 Å². The van der Waals surface area contributed by atoms with Crippen molar-refractivity contribution in [1.29, 1.82) is 0 Å². The minimum Gasteiger partial charge on any atom is -0.495 e. The van der Waals surface area contributed by atoms with Crippen LogP contribution in [0.25, 0.3) is 0 Å². The van der Waals surface area contributed by atoms with Gasteiger partial charge in [0.2, 0.25) is 5.88 Å². The summed E-state index contributed by atoms with van der Waals surface area (Å²) in [4.78, 5) is 3.72. The molecule has 0 spiro atoms. The lowest BCUT2D eigenvalue weighted by Crippen LogP contribution is -2.01. The molecule has 0 amide bonds. The van der Waals surface area contributed by atoms with Crippen molar-refractivity contribution in [2.24, 2.45) is 0 Å². The normalized spacial score (nSPS) is 10.4. The number of ether oxygens (including phenoxy) is 2. The van der Waals surface area contributed by atoms with Crippen LogP contribution >= 0.6 is 0 Å². The van der Waals surface area contributed by atoms with Crippen LogP contribution in [0.1, 0.15) is 17.6 Å². The van der Waals surface area contributed by atoms with Crippen LogP contribution in [0, 0.1) is 6.92 Å². The zero-order valence-electron chi connectivity index (χ0n) is 8.17. The minimum absolute atomic E-state index is 0.0571. The quantitative estimate of drug-likeness (QED) is 0.755. The number of methoxy groups -OCH3 is 2. The summed E-state index contributed by atoms with van der Waals surface area (Å²) in [6.07, 6.45) is -1.26. The summed E-state index contributed by atoms with van der Waals surface area (Å²) in [6.45, 7) is 1.55. The molecule has 0 fully saturated rings. The van der Waals surface area contributed by atoms with E-state index in [-0.39, 0.29) is 11.4 Å². The zero-order chi connectivity index (χ0) is 10.7. The van der Waals surface area contributed by atoms with E-state index in [1.54, 1.807) is 6.92 Å². The third-order valence-corrected chi connectivity index (χ3v) is 1.93. The van der Waals surface area contributed by atoms with Crippen LogP contribution in [0.4, 0.5) is 8.78 Å². The molecule has 0 aliphatic carbocycles. The second kappa shape index (κ2) is 4.21. The van der Waals surface area contributed by atoms with Crippen LogP contribution in [0.3, 0.4) is 0 Å². The fourth-order valence-electron chi connectivity index (χ4n) is 1.20. The van der Waals surface area contributed by atoms with E-state index in [1.807, 2.05) is 0 Å². The maximum atomic E-state index is 12.6. The third-order valence-electron chi connectivity index (χ3n) is 1.93. The van der Waals surface area contributed by atoms with Gasteiger partial charge in [-0.1, -0.05) is 0 Å². The predicted molar refractivity (Wildman–Crippen MR) is 47.0 cm³/mol. The summed E-state index contributed by atoms with van der Waals surface area (Å²) in [5.41, 5.74) is 0.140. The molecule has 0 aliphatic heterocycles. The standard InChI is InChI=1S/C9H11F2NO2/c1-5-6(13-2)4-12-9(14-3)7(5)8(10)11/h4,8H,1-3H3. The number of aromatic nitrogens is 1. The van der Waals surface area contributed by atoms with Gasteiger partial charge in [-0.05, 0) is 6.92 Å². The van der Waals surface area contributed by atoms with Crippen molar-refractivity contribution < 1.29 is 18.3 Å². The lowest BCUT2D eigenvalue weighted by atomic mass is 10.1. The van der Waals surface area contributed by atoms with Crippen LogP contribution in [0.5, 0.6) is 11.6 Å². The first kappa shape index (κ1) is 10.7. The van der Waals surface area contributed by atoms with Crippen LogP contribution in [-0.4, -0.2) is 19.2 Å². The van der Waals surface area contributed by atoms with Crippen molar-refractivity contribution in [3.63, 3.8) is 0 Å². The molecule has 0 aliphatic rings. The number of rotatable bonds is 3. The molecular formula is C9H11F2NO2. The summed E-state index contributed by atoms with van der Waals surface area (Å²) in [5, 5.41) is 0. The van der Waals surface area contributed by atoms with Crippen LogP contribution in [-0.2, 0) is 0 Å². The lowest BCUT2D eigenvalue weighted by molar-refractivity contribution is 0.144. The molecule has 0 atom stereocenters. The molecule has 0 radical (unpaired) electrons. The van der Waals surface area contributed by atoms with Gasteiger partial charge in [-0.2, -0.15) is 0 Å². The number of hydrogen-bond donors (Lipinski definition) is 0. The first-order chi connectivity index (χ1) is 6.61.